The van der Waals surface area contributed by atoms with E-state index in [0.717, 1.165) is 5.56 Å². The topological polar surface area (TPSA) is 75.3 Å². The third-order valence-corrected chi connectivity index (χ3v) is 3.69. The molecule has 2 heterocycles. The van der Waals surface area contributed by atoms with Gasteiger partial charge in [-0.3, -0.25) is 4.90 Å². The predicted molar refractivity (Wildman–Crippen MR) is 76.6 cm³/mol. The van der Waals surface area contributed by atoms with Crippen molar-refractivity contribution in [1.82, 2.24) is 14.9 Å². The van der Waals surface area contributed by atoms with E-state index in [4.69, 9.17) is 5.73 Å². The van der Waals surface area contributed by atoms with Gasteiger partial charge in [0.2, 0.25) is 0 Å². The van der Waals surface area contributed by atoms with Crippen LogP contribution in [0.4, 0.5) is 10.2 Å². The van der Waals surface area contributed by atoms with Crippen molar-refractivity contribution in [2.24, 2.45) is 0 Å². The number of hydrogen-bond donors (Lipinski definition) is 2. The molecule has 3 N–H and O–H groups in total. The van der Waals surface area contributed by atoms with E-state index in [9.17, 15) is 9.50 Å². The minimum absolute atomic E-state index is 0.0410. The number of nitrogens with two attached hydrogens (primary N) is 1. The summed E-state index contributed by atoms with van der Waals surface area (Å²) >= 11 is 0. The van der Waals surface area contributed by atoms with Gasteiger partial charge in [0.25, 0.3) is 0 Å². The van der Waals surface area contributed by atoms with E-state index in [-0.39, 0.29) is 11.9 Å². The number of nitrogens with zero attached hydrogens (tertiary/aromatic N) is 3. The number of aliphatic hydroxyl groups excluding tert-OH is 1. The van der Waals surface area contributed by atoms with Crippen molar-refractivity contribution in [3.05, 3.63) is 53.7 Å². The molecule has 0 radical (unpaired) electrons. The van der Waals surface area contributed by atoms with Gasteiger partial charge in [0.15, 0.2) is 0 Å². The van der Waals surface area contributed by atoms with E-state index >= 15 is 0 Å². The predicted octanol–water partition coefficient (Wildman–Crippen LogP) is 1.51. The smallest absolute Gasteiger partial charge is 0.144 e. The molecule has 5 nitrogen and oxygen atoms in total. The highest BCUT2D eigenvalue weighted by atomic mass is 19.1. The van der Waals surface area contributed by atoms with Crippen LogP contribution in [0.2, 0.25) is 0 Å². The van der Waals surface area contributed by atoms with Gasteiger partial charge in [0.05, 0.1) is 12.6 Å². The third kappa shape index (κ3) is 3.17. The summed E-state index contributed by atoms with van der Waals surface area (Å²) in [6.07, 6.45) is 1.76. The average molecular weight is 288 g/mol. The molecule has 0 spiro atoms. The summed E-state index contributed by atoms with van der Waals surface area (Å²) in [6, 6.07) is 8.08. The molecule has 0 aliphatic carbocycles. The van der Waals surface area contributed by atoms with E-state index < -0.39 is 6.10 Å². The fourth-order valence-electron chi connectivity index (χ4n) is 2.79. The molecule has 3 rings (SSSR count). The van der Waals surface area contributed by atoms with Crippen molar-refractivity contribution in [3.8, 4) is 0 Å². The molecule has 1 aromatic carbocycles. The molecule has 2 aromatic rings. The van der Waals surface area contributed by atoms with Gasteiger partial charge in [-0.25, -0.2) is 14.4 Å². The minimum Gasteiger partial charge on any atom is -0.392 e. The maximum atomic E-state index is 13.4. The van der Waals surface area contributed by atoms with Gasteiger partial charge in [-0.1, -0.05) is 12.1 Å². The van der Waals surface area contributed by atoms with Crippen LogP contribution in [0, 0.1) is 5.82 Å². The Balaban J connectivity index is 1.82. The van der Waals surface area contributed by atoms with Gasteiger partial charge in [0, 0.05) is 18.8 Å². The molecular formula is C15H17FN4O. The Morgan fingerprint density at radius 3 is 3.00 bits per heavy atom. The van der Waals surface area contributed by atoms with Crippen molar-refractivity contribution in [1.29, 1.82) is 0 Å². The number of likely N-dealkylation sites (tertiary alicyclic amines) is 1. The van der Waals surface area contributed by atoms with Crippen LogP contribution in [0.3, 0.4) is 0 Å². The Kier molecular flexibility index (Phi) is 3.81. The van der Waals surface area contributed by atoms with Crippen LogP contribution in [0.1, 0.15) is 23.9 Å². The molecule has 6 heteroatoms. The molecule has 0 bridgehead atoms. The molecule has 2 atom stereocenters. The Morgan fingerprint density at radius 2 is 2.24 bits per heavy atom. The summed E-state index contributed by atoms with van der Waals surface area (Å²) in [4.78, 5) is 10.4. The molecule has 1 saturated heterocycles. The fourth-order valence-corrected chi connectivity index (χ4v) is 2.79. The second-order valence-corrected chi connectivity index (χ2v) is 5.29. The first kappa shape index (κ1) is 13.9. The van der Waals surface area contributed by atoms with Gasteiger partial charge in [-0.2, -0.15) is 0 Å². The van der Waals surface area contributed by atoms with Gasteiger partial charge < -0.3 is 10.8 Å². The lowest BCUT2D eigenvalue weighted by atomic mass is 10.0. The first-order valence-electron chi connectivity index (χ1n) is 6.87. The van der Waals surface area contributed by atoms with Crippen LogP contribution < -0.4 is 5.73 Å². The molecule has 0 saturated carbocycles. The zero-order valence-corrected chi connectivity index (χ0v) is 11.5. The molecule has 1 aliphatic heterocycles. The summed E-state index contributed by atoms with van der Waals surface area (Å²) < 4.78 is 13.4. The van der Waals surface area contributed by atoms with Gasteiger partial charge in [-0.05, 0) is 30.2 Å². The van der Waals surface area contributed by atoms with Crippen molar-refractivity contribution in [3.63, 3.8) is 0 Å². The normalized spacial score (nSPS) is 22.6. The molecular weight excluding hydrogens is 271 g/mol. The molecule has 21 heavy (non-hydrogen) atoms. The zero-order valence-electron chi connectivity index (χ0n) is 11.5. The minimum atomic E-state index is -0.431. The van der Waals surface area contributed by atoms with Gasteiger partial charge in [0.1, 0.15) is 17.5 Å². The van der Waals surface area contributed by atoms with Crippen LogP contribution in [-0.4, -0.2) is 32.6 Å². The number of aromatic nitrogens is 2. The number of hydrogen-bond acceptors (Lipinski definition) is 5. The van der Waals surface area contributed by atoms with Gasteiger partial charge in [-0.15, -0.1) is 0 Å². The highest BCUT2D eigenvalue weighted by Crippen LogP contribution is 2.33. The summed E-state index contributed by atoms with van der Waals surface area (Å²) in [5.41, 5.74) is 6.51. The van der Waals surface area contributed by atoms with Crippen molar-refractivity contribution in [2.75, 3.05) is 12.3 Å². The van der Waals surface area contributed by atoms with E-state index in [0.29, 0.717) is 31.2 Å². The first-order valence-corrected chi connectivity index (χ1v) is 6.87. The fraction of sp³-hybridized carbons (Fsp3) is 0.333. The van der Waals surface area contributed by atoms with Crippen molar-refractivity contribution < 1.29 is 9.50 Å². The molecule has 2 unspecified atom stereocenters. The lowest BCUT2D eigenvalue weighted by molar-refractivity contribution is 0.171. The maximum Gasteiger partial charge on any atom is 0.144 e. The summed E-state index contributed by atoms with van der Waals surface area (Å²) in [6.45, 7) is 0.989. The highest BCUT2D eigenvalue weighted by Gasteiger charge is 2.32. The van der Waals surface area contributed by atoms with Crippen molar-refractivity contribution >= 4 is 5.82 Å². The Labute approximate surface area is 122 Å². The largest absolute Gasteiger partial charge is 0.392 e. The number of aliphatic hydroxyl groups is 1. The highest BCUT2D eigenvalue weighted by molar-refractivity contribution is 5.25. The summed E-state index contributed by atoms with van der Waals surface area (Å²) in [5.74, 6) is 0.751. The molecule has 110 valence electrons. The maximum absolute atomic E-state index is 13.4. The van der Waals surface area contributed by atoms with E-state index in [1.165, 1.54) is 12.1 Å². The number of halogens is 1. The van der Waals surface area contributed by atoms with E-state index in [2.05, 4.69) is 9.97 Å². The van der Waals surface area contributed by atoms with Crippen LogP contribution >= 0.6 is 0 Å². The second kappa shape index (κ2) is 5.75. The Bertz CT molecular complexity index is 637. The van der Waals surface area contributed by atoms with Crippen LogP contribution in [0.25, 0.3) is 0 Å². The summed E-state index contributed by atoms with van der Waals surface area (Å²) in [7, 11) is 0. The first-order chi connectivity index (χ1) is 10.1. The molecule has 1 aliphatic rings. The Morgan fingerprint density at radius 1 is 1.38 bits per heavy atom. The van der Waals surface area contributed by atoms with Gasteiger partial charge >= 0.3 is 0 Å². The van der Waals surface area contributed by atoms with E-state index in [1.54, 1.807) is 18.3 Å². The summed E-state index contributed by atoms with van der Waals surface area (Å²) in [5, 5.41) is 9.93. The number of benzene rings is 1. The number of rotatable bonds is 3. The number of β-amino-alcohol motifs (C(OH)–C–C–N with tert-alkyl or cyclic N) is 1. The van der Waals surface area contributed by atoms with E-state index in [1.807, 2.05) is 11.0 Å². The number of nitrogen functional groups attached to an aromatic ring is 1. The number of anilines is 1. The molecule has 1 aromatic heterocycles. The van der Waals surface area contributed by atoms with Crippen LogP contribution in [0.15, 0.2) is 36.5 Å². The van der Waals surface area contributed by atoms with Crippen LogP contribution in [-0.2, 0) is 6.54 Å². The quantitative estimate of drug-likeness (QED) is 0.895. The SMILES string of the molecule is Nc1ccnc(CN2CC(O)CC2c2cccc(F)c2)n1. The lowest BCUT2D eigenvalue weighted by Crippen LogP contribution is -2.25. The lowest BCUT2D eigenvalue weighted by Gasteiger charge is -2.23. The third-order valence-electron chi connectivity index (χ3n) is 3.69. The molecule has 0 amide bonds. The average Bonchev–Trinajstić information content (AvgIpc) is 2.79. The van der Waals surface area contributed by atoms with Crippen LogP contribution in [0.5, 0.6) is 0 Å². The van der Waals surface area contributed by atoms with Crippen molar-refractivity contribution in [2.45, 2.75) is 25.1 Å². The molecule has 1 fully saturated rings. The monoisotopic (exact) mass is 288 g/mol. The standard InChI is InChI=1S/C15H17FN4O/c16-11-3-1-2-10(6-11)13-7-12(21)8-20(13)9-15-18-5-4-14(17)19-15/h1-6,12-13,21H,7-9H2,(H2,17,18,19). The Hall–Kier alpha value is -2.05. The second-order valence-electron chi connectivity index (χ2n) is 5.29. The zero-order chi connectivity index (χ0) is 14.8.